The van der Waals surface area contributed by atoms with E-state index in [0.29, 0.717) is 0 Å². The molecule has 0 bridgehead atoms. The summed E-state index contributed by atoms with van der Waals surface area (Å²) in [6.07, 6.45) is 6.45. The maximum Gasteiger partial charge on any atom is 0.209 e. The van der Waals surface area contributed by atoms with Crippen LogP contribution in [0.2, 0.25) is 0 Å². The van der Waals surface area contributed by atoms with E-state index in [1.807, 2.05) is 0 Å². The normalized spacial score (nSPS) is 15.7. The molecular formula is C62H41N2+. The first-order valence-corrected chi connectivity index (χ1v) is 22.2. The van der Waals surface area contributed by atoms with E-state index in [9.17, 15) is 0 Å². The fourth-order valence-corrected chi connectivity index (χ4v) is 11.3. The summed E-state index contributed by atoms with van der Waals surface area (Å²) in [5, 5.41) is 4.95. The van der Waals surface area contributed by atoms with Crippen LogP contribution < -0.4 is 4.57 Å². The molecule has 11 aromatic rings. The molecule has 0 radical (unpaired) electrons. The Morgan fingerprint density at radius 3 is 1.45 bits per heavy atom. The Hall–Kier alpha value is -8.20. The third-order valence-electron chi connectivity index (χ3n) is 14.0. The first-order chi connectivity index (χ1) is 31.8. The molecular weight excluding hydrogens is 773 g/mol. The third-order valence-corrected chi connectivity index (χ3v) is 14.0. The van der Waals surface area contributed by atoms with E-state index < -0.39 is 5.41 Å². The fourth-order valence-electron chi connectivity index (χ4n) is 11.3. The van der Waals surface area contributed by atoms with Gasteiger partial charge in [-0.05, 0) is 94.9 Å². The fraction of sp³-hybridized carbons (Fsp3) is 0.0323. The molecule has 0 N–H and O–H groups in total. The molecule has 13 rings (SSSR count). The number of hydrogen-bond acceptors (Lipinski definition) is 1. The summed E-state index contributed by atoms with van der Waals surface area (Å²) in [4.78, 5) is 5.10. The van der Waals surface area contributed by atoms with E-state index in [2.05, 4.69) is 248 Å². The summed E-state index contributed by atoms with van der Waals surface area (Å²) in [6, 6.07) is 82.6. The second-order valence-electron chi connectivity index (χ2n) is 17.2. The van der Waals surface area contributed by atoms with Gasteiger partial charge in [-0.1, -0.05) is 200 Å². The zero-order valence-corrected chi connectivity index (χ0v) is 35.1. The predicted molar refractivity (Wildman–Crippen MR) is 262 cm³/mol. The number of fused-ring (bicyclic) bond motifs is 11. The van der Waals surface area contributed by atoms with Gasteiger partial charge in [-0.2, -0.15) is 4.57 Å². The number of pyridine rings is 2. The summed E-state index contributed by atoms with van der Waals surface area (Å²) in [7, 11) is 0. The van der Waals surface area contributed by atoms with Gasteiger partial charge >= 0.3 is 0 Å². The molecule has 0 unspecified atom stereocenters. The Balaban J connectivity index is 0.880. The third kappa shape index (κ3) is 5.33. The lowest BCUT2D eigenvalue weighted by molar-refractivity contribution is -0.705. The highest BCUT2D eigenvalue weighted by molar-refractivity contribution is 6.21. The van der Waals surface area contributed by atoms with E-state index in [4.69, 9.17) is 4.98 Å². The van der Waals surface area contributed by atoms with Crippen molar-refractivity contribution in [3.63, 3.8) is 0 Å². The molecule has 1 spiro atoms. The highest BCUT2D eigenvalue weighted by Gasteiger charge is 2.53. The molecule has 0 fully saturated rings. The molecule has 0 saturated carbocycles. The molecule has 0 saturated heterocycles. The smallest absolute Gasteiger partial charge is 0.209 e. The molecule has 298 valence electrons. The summed E-state index contributed by atoms with van der Waals surface area (Å²) in [5.41, 5.74) is 19.5. The highest BCUT2D eigenvalue weighted by atomic mass is 15.0. The topological polar surface area (TPSA) is 16.8 Å². The van der Waals surface area contributed by atoms with Crippen LogP contribution in [0.1, 0.15) is 39.4 Å². The summed E-state index contributed by atoms with van der Waals surface area (Å²) in [6.45, 7) is 0. The van der Waals surface area contributed by atoms with Crippen molar-refractivity contribution in [2.24, 2.45) is 0 Å². The lowest BCUT2D eigenvalue weighted by Gasteiger charge is -2.41. The highest BCUT2D eigenvalue weighted by Crippen LogP contribution is 2.61. The molecule has 2 aromatic heterocycles. The summed E-state index contributed by atoms with van der Waals surface area (Å²) in [5.74, 6) is 0. The summed E-state index contributed by atoms with van der Waals surface area (Å²) < 4.78 is 2.36. The Bertz CT molecular complexity index is 3490. The Morgan fingerprint density at radius 1 is 0.344 bits per heavy atom. The second-order valence-corrected chi connectivity index (χ2v) is 17.2. The molecule has 0 atom stereocenters. The number of nitrogens with zero attached hydrogens (tertiary/aromatic N) is 2. The van der Waals surface area contributed by atoms with Gasteiger partial charge in [0.05, 0.1) is 11.1 Å². The van der Waals surface area contributed by atoms with Crippen molar-refractivity contribution < 1.29 is 4.57 Å². The zero-order valence-electron chi connectivity index (χ0n) is 35.1. The Kier molecular flexibility index (Phi) is 8.23. The average Bonchev–Trinajstić information content (AvgIpc) is 3.66. The number of hydrogen-bond donors (Lipinski definition) is 0. The van der Waals surface area contributed by atoms with Crippen molar-refractivity contribution in [2.75, 3.05) is 0 Å². The number of aromatic nitrogens is 2. The minimum atomic E-state index is -0.437. The van der Waals surface area contributed by atoms with Crippen LogP contribution in [0.15, 0.2) is 243 Å². The van der Waals surface area contributed by atoms with Gasteiger partial charge in [0.15, 0.2) is 12.4 Å². The minimum Gasteiger partial charge on any atom is -0.256 e. The van der Waals surface area contributed by atoms with Gasteiger partial charge in [-0.3, -0.25) is 4.98 Å². The molecule has 9 aromatic carbocycles. The number of rotatable bonds is 5. The van der Waals surface area contributed by atoms with Crippen molar-refractivity contribution in [2.45, 2.75) is 11.5 Å². The first kappa shape index (κ1) is 36.5. The van der Waals surface area contributed by atoms with E-state index in [1.54, 1.807) is 0 Å². The maximum atomic E-state index is 5.10. The van der Waals surface area contributed by atoms with E-state index in [1.165, 1.54) is 93.9 Å². The zero-order chi connectivity index (χ0) is 42.2. The maximum absolute atomic E-state index is 5.10. The molecule has 0 aliphatic heterocycles. The van der Waals surface area contributed by atoms with E-state index >= 15 is 0 Å². The van der Waals surface area contributed by atoms with Crippen LogP contribution in [0.25, 0.3) is 77.3 Å². The SMILES string of the molecule is c1ccc(-c2c3ccccc3c(-c3ccc(-c4ccc(-c5ccc6c(c5)-c5ccccc5C65c6ccccc6C([n+]6ccccc6)c6ccccc65)cc4)nc3)c3ccccc23)cc1. The van der Waals surface area contributed by atoms with Crippen LogP contribution in [0.3, 0.4) is 0 Å². The Labute approximate surface area is 373 Å². The van der Waals surface area contributed by atoms with Gasteiger partial charge in [0.2, 0.25) is 6.04 Å². The van der Waals surface area contributed by atoms with Gasteiger partial charge in [0.1, 0.15) is 0 Å². The van der Waals surface area contributed by atoms with Crippen LogP contribution >= 0.6 is 0 Å². The van der Waals surface area contributed by atoms with Crippen LogP contribution in [0.4, 0.5) is 0 Å². The van der Waals surface area contributed by atoms with Gasteiger partial charge in [0.25, 0.3) is 0 Å². The van der Waals surface area contributed by atoms with Crippen molar-refractivity contribution >= 4 is 21.5 Å². The minimum absolute atomic E-state index is 0.0742. The monoisotopic (exact) mass is 813 g/mol. The van der Waals surface area contributed by atoms with Crippen molar-refractivity contribution in [1.29, 1.82) is 0 Å². The van der Waals surface area contributed by atoms with Gasteiger partial charge < -0.3 is 0 Å². The van der Waals surface area contributed by atoms with Gasteiger partial charge in [0, 0.05) is 40.6 Å². The molecule has 2 aliphatic rings. The van der Waals surface area contributed by atoms with Crippen molar-refractivity contribution in [1.82, 2.24) is 4.98 Å². The second kappa shape index (κ2) is 14.4. The van der Waals surface area contributed by atoms with Gasteiger partial charge in [-0.25, -0.2) is 0 Å². The summed E-state index contributed by atoms with van der Waals surface area (Å²) >= 11 is 0. The molecule has 2 nitrogen and oxygen atoms in total. The Morgan fingerprint density at radius 2 is 0.828 bits per heavy atom. The van der Waals surface area contributed by atoms with Gasteiger partial charge in [-0.15, -0.1) is 0 Å². The first-order valence-electron chi connectivity index (χ1n) is 22.2. The molecule has 2 aliphatic carbocycles. The van der Waals surface area contributed by atoms with Crippen LogP contribution in [-0.4, -0.2) is 4.98 Å². The quantitative estimate of drug-likeness (QED) is 0.125. The molecule has 64 heavy (non-hydrogen) atoms. The standard InChI is InChI=1S/C62H41N2/c1-3-17-43(18-4-1)59-47-20-5-7-22-49(47)60(50-23-8-6-21-48(50)59)45-34-36-58(63-40-45)42-31-29-41(30-32-42)44-33-35-57-53(39-44)46-19-9-12-26-54(46)62(57)55-27-13-10-24-51(55)61(64-37-15-2-16-38-64)52-25-11-14-28-56(52)62/h1-40,61H/q+1. The van der Waals surface area contributed by atoms with Crippen molar-refractivity contribution in [3.8, 4) is 55.8 Å². The van der Waals surface area contributed by atoms with Crippen LogP contribution in [-0.2, 0) is 5.41 Å². The molecule has 0 amide bonds. The lowest BCUT2D eigenvalue weighted by atomic mass is 9.60. The molecule has 2 heterocycles. The van der Waals surface area contributed by atoms with E-state index in [0.717, 1.165) is 16.8 Å². The van der Waals surface area contributed by atoms with Crippen LogP contribution in [0, 0.1) is 0 Å². The van der Waals surface area contributed by atoms with E-state index in [-0.39, 0.29) is 6.04 Å². The average molecular weight is 814 g/mol. The lowest BCUT2D eigenvalue weighted by Crippen LogP contribution is -2.46. The largest absolute Gasteiger partial charge is 0.256 e. The molecule has 2 heteroatoms. The number of benzene rings is 9. The predicted octanol–water partition coefficient (Wildman–Crippen LogP) is 14.7. The van der Waals surface area contributed by atoms with Crippen molar-refractivity contribution in [3.05, 3.63) is 276 Å². The van der Waals surface area contributed by atoms with Crippen LogP contribution in [0.5, 0.6) is 0 Å².